The molecule has 0 fully saturated rings. The SMILES string of the molecule is Oc1ccc(Br)cc1-c1nc(-c2nccc3ccccc23)no1. The van der Waals surface area contributed by atoms with Crippen LogP contribution in [-0.2, 0) is 0 Å². The number of hydrogen-bond donors (Lipinski definition) is 1. The van der Waals surface area contributed by atoms with Crippen LogP contribution in [0.2, 0.25) is 0 Å². The van der Waals surface area contributed by atoms with Crippen LogP contribution in [0.15, 0.2) is 63.7 Å². The van der Waals surface area contributed by atoms with Crippen LogP contribution in [-0.4, -0.2) is 20.2 Å². The second kappa shape index (κ2) is 5.48. The number of nitrogens with zero attached hydrogens (tertiary/aromatic N) is 3. The second-order valence-electron chi connectivity index (χ2n) is 4.97. The molecule has 6 heteroatoms. The molecule has 0 bridgehead atoms. The summed E-state index contributed by atoms with van der Waals surface area (Å²) in [5.74, 6) is 0.707. The molecule has 4 aromatic rings. The van der Waals surface area contributed by atoms with Gasteiger partial charge >= 0.3 is 0 Å². The van der Waals surface area contributed by atoms with E-state index in [0.717, 1.165) is 15.2 Å². The maximum Gasteiger partial charge on any atom is 0.262 e. The molecule has 5 nitrogen and oxygen atoms in total. The summed E-state index contributed by atoms with van der Waals surface area (Å²) in [5, 5.41) is 16.0. The average molecular weight is 368 g/mol. The zero-order valence-electron chi connectivity index (χ0n) is 11.8. The summed E-state index contributed by atoms with van der Waals surface area (Å²) in [5.41, 5.74) is 1.12. The van der Waals surface area contributed by atoms with Gasteiger partial charge < -0.3 is 9.63 Å². The van der Waals surface area contributed by atoms with Crippen molar-refractivity contribution in [1.82, 2.24) is 15.1 Å². The first-order valence-electron chi connectivity index (χ1n) is 6.89. The predicted molar refractivity (Wildman–Crippen MR) is 89.8 cm³/mol. The van der Waals surface area contributed by atoms with Gasteiger partial charge in [0.1, 0.15) is 11.4 Å². The second-order valence-corrected chi connectivity index (χ2v) is 5.88. The summed E-state index contributed by atoms with van der Waals surface area (Å²) in [6.45, 7) is 0. The van der Waals surface area contributed by atoms with E-state index in [9.17, 15) is 5.11 Å². The third kappa shape index (κ3) is 2.47. The van der Waals surface area contributed by atoms with E-state index in [1.165, 1.54) is 0 Å². The molecular formula is C17H10BrN3O2. The number of phenolic OH excluding ortho intramolecular Hbond substituents is 1. The summed E-state index contributed by atoms with van der Waals surface area (Å²) >= 11 is 3.36. The molecule has 0 aliphatic carbocycles. The van der Waals surface area contributed by atoms with Gasteiger partial charge in [-0.3, -0.25) is 4.98 Å². The van der Waals surface area contributed by atoms with Crippen molar-refractivity contribution in [2.24, 2.45) is 0 Å². The van der Waals surface area contributed by atoms with Gasteiger partial charge in [0.15, 0.2) is 0 Å². The van der Waals surface area contributed by atoms with Gasteiger partial charge in [-0.05, 0) is 29.7 Å². The van der Waals surface area contributed by atoms with E-state index in [1.54, 1.807) is 24.4 Å². The number of aromatic hydroxyl groups is 1. The molecule has 2 heterocycles. The molecule has 4 rings (SSSR count). The third-order valence-corrected chi connectivity index (χ3v) is 3.99. The number of benzene rings is 2. The Balaban J connectivity index is 1.86. The van der Waals surface area contributed by atoms with Gasteiger partial charge in [-0.25, -0.2) is 0 Å². The highest BCUT2D eigenvalue weighted by Crippen LogP contribution is 2.32. The van der Waals surface area contributed by atoms with Gasteiger partial charge in [0.25, 0.3) is 5.89 Å². The largest absolute Gasteiger partial charge is 0.507 e. The number of phenols is 1. The molecule has 0 unspecified atom stereocenters. The lowest BCUT2D eigenvalue weighted by Crippen LogP contribution is -1.88. The molecular weight excluding hydrogens is 358 g/mol. The molecule has 0 atom stereocenters. The van der Waals surface area contributed by atoms with Gasteiger partial charge in [0.05, 0.1) is 5.56 Å². The van der Waals surface area contributed by atoms with Crippen LogP contribution >= 0.6 is 15.9 Å². The molecule has 0 saturated carbocycles. The summed E-state index contributed by atoms with van der Waals surface area (Å²) < 4.78 is 6.12. The highest BCUT2D eigenvalue weighted by Gasteiger charge is 2.16. The quantitative estimate of drug-likeness (QED) is 0.567. The lowest BCUT2D eigenvalue weighted by atomic mass is 10.1. The van der Waals surface area contributed by atoms with Crippen molar-refractivity contribution in [3.8, 4) is 28.7 Å². The van der Waals surface area contributed by atoms with E-state index < -0.39 is 0 Å². The number of fused-ring (bicyclic) bond motifs is 1. The molecule has 0 saturated heterocycles. The average Bonchev–Trinajstić information content (AvgIpc) is 3.06. The van der Waals surface area contributed by atoms with Crippen LogP contribution in [0.3, 0.4) is 0 Å². The van der Waals surface area contributed by atoms with Crippen LogP contribution < -0.4 is 0 Å². The van der Waals surface area contributed by atoms with Crippen LogP contribution in [0.25, 0.3) is 33.7 Å². The van der Waals surface area contributed by atoms with Crippen LogP contribution in [0.4, 0.5) is 0 Å². The number of rotatable bonds is 2. The third-order valence-electron chi connectivity index (χ3n) is 3.50. The van der Waals surface area contributed by atoms with Crippen molar-refractivity contribution >= 4 is 26.7 Å². The van der Waals surface area contributed by atoms with Crippen molar-refractivity contribution in [3.63, 3.8) is 0 Å². The fourth-order valence-corrected chi connectivity index (χ4v) is 2.77. The molecule has 23 heavy (non-hydrogen) atoms. The van der Waals surface area contributed by atoms with Crippen molar-refractivity contribution in [2.75, 3.05) is 0 Å². The Bertz CT molecular complexity index is 1010. The van der Waals surface area contributed by atoms with E-state index in [-0.39, 0.29) is 11.6 Å². The number of pyridine rings is 1. The normalized spacial score (nSPS) is 11.0. The molecule has 0 amide bonds. The van der Waals surface area contributed by atoms with E-state index >= 15 is 0 Å². The lowest BCUT2D eigenvalue weighted by Gasteiger charge is -2.01. The minimum absolute atomic E-state index is 0.0780. The highest BCUT2D eigenvalue weighted by molar-refractivity contribution is 9.10. The predicted octanol–water partition coefficient (Wildman–Crippen LogP) is 4.42. The van der Waals surface area contributed by atoms with Gasteiger partial charge in [0, 0.05) is 16.1 Å². The molecule has 2 aromatic carbocycles. The van der Waals surface area contributed by atoms with Crippen LogP contribution in [0.5, 0.6) is 5.75 Å². The van der Waals surface area contributed by atoms with Gasteiger partial charge in [0.2, 0.25) is 5.82 Å². The first-order chi connectivity index (χ1) is 11.2. The Hall–Kier alpha value is -2.73. The van der Waals surface area contributed by atoms with Gasteiger partial charge in [-0.15, -0.1) is 0 Å². The Labute approximate surface area is 139 Å². The van der Waals surface area contributed by atoms with E-state index in [1.807, 2.05) is 30.3 Å². The van der Waals surface area contributed by atoms with Crippen LogP contribution in [0, 0.1) is 0 Å². The minimum atomic E-state index is 0.0780. The van der Waals surface area contributed by atoms with Crippen LogP contribution in [0.1, 0.15) is 0 Å². The van der Waals surface area contributed by atoms with Crippen molar-refractivity contribution in [2.45, 2.75) is 0 Å². The van der Waals surface area contributed by atoms with Crippen molar-refractivity contribution < 1.29 is 9.63 Å². The lowest BCUT2D eigenvalue weighted by molar-refractivity contribution is 0.425. The fraction of sp³-hybridized carbons (Fsp3) is 0. The smallest absolute Gasteiger partial charge is 0.262 e. The summed E-state index contributed by atoms with van der Waals surface area (Å²) in [4.78, 5) is 8.75. The zero-order chi connectivity index (χ0) is 15.8. The number of hydrogen-bond acceptors (Lipinski definition) is 5. The van der Waals surface area contributed by atoms with Crippen molar-refractivity contribution in [3.05, 3.63) is 59.2 Å². The summed E-state index contributed by atoms with van der Waals surface area (Å²) in [6.07, 6.45) is 1.71. The number of aromatic nitrogens is 3. The van der Waals surface area contributed by atoms with Gasteiger partial charge in [-0.2, -0.15) is 4.98 Å². The number of halogens is 1. The molecule has 0 radical (unpaired) electrons. The Kier molecular flexibility index (Phi) is 3.31. The Morgan fingerprint density at radius 1 is 1.04 bits per heavy atom. The van der Waals surface area contributed by atoms with Crippen molar-refractivity contribution in [1.29, 1.82) is 0 Å². The first kappa shape index (κ1) is 13.9. The summed E-state index contributed by atoms with van der Waals surface area (Å²) in [7, 11) is 0. The standard InChI is InChI=1S/C17H10BrN3O2/c18-11-5-6-14(22)13(9-11)17-20-16(21-23-17)15-12-4-2-1-3-10(12)7-8-19-15/h1-9,22H. The van der Waals surface area contributed by atoms with E-state index in [0.29, 0.717) is 17.1 Å². The summed E-state index contributed by atoms with van der Waals surface area (Å²) in [6, 6.07) is 14.8. The Morgan fingerprint density at radius 2 is 1.91 bits per heavy atom. The Morgan fingerprint density at radius 3 is 2.83 bits per heavy atom. The maximum absolute atomic E-state index is 9.98. The first-order valence-corrected chi connectivity index (χ1v) is 7.68. The maximum atomic E-state index is 9.98. The zero-order valence-corrected chi connectivity index (χ0v) is 13.4. The molecule has 112 valence electrons. The van der Waals surface area contributed by atoms with E-state index in [4.69, 9.17) is 4.52 Å². The minimum Gasteiger partial charge on any atom is -0.507 e. The molecule has 0 aliphatic rings. The molecule has 0 spiro atoms. The van der Waals surface area contributed by atoms with E-state index in [2.05, 4.69) is 31.1 Å². The monoisotopic (exact) mass is 367 g/mol. The molecule has 1 N–H and O–H groups in total. The highest BCUT2D eigenvalue weighted by atomic mass is 79.9. The molecule has 0 aliphatic heterocycles. The van der Waals surface area contributed by atoms with Gasteiger partial charge in [-0.1, -0.05) is 45.4 Å². The topological polar surface area (TPSA) is 72.0 Å². The molecule has 2 aromatic heterocycles. The fourth-order valence-electron chi connectivity index (χ4n) is 2.41.